The SMILES string of the molecule is CC(C)Sc1cc(-c2ccc(OC(CN(C[C@H](O)c3ccccc3)C(=O)O)C(C)(C)C)cc2)ccc1C(=O)NS(=O)(=O)CCCO. The van der Waals surface area contributed by atoms with Gasteiger partial charge in [-0.15, -0.1) is 11.8 Å². The predicted molar refractivity (Wildman–Crippen MR) is 181 cm³/mol. The summed E-state index contributed by atoms with van der Waals surface area (Å²) in [6.45, 7) is 9.48. The first-order chi connectivity index (χ1) is 21.6. The van der Waals surface area contributed by atoms with Crippen LogP contribution >= 0.6 is 11.8 Å². The number of aliphatic hydroxyl groups excluding tert-OH is 2. The molecule has 250 valence electrons. The number of carboxylic acid groups (broad SMARTS) is 1. The monoisotopic (exact) mass is 672 g/mol. The molecule has 46 heavy (non-hydrogen) atoms. The average molecular weight is 673 g/mol. The summed E-state index contributed by atoms with van der Waals surface area (Å²) in [7, 11) is -3.89. The lowest BCUT2D eigenvalue weighted by Crippen LogP contribution is -2.46. The minimum Gasteiger partial charge on any atom is -0.488 e. The highest BCUT2D eigenvalue weighted by atomic mass is 32.2. The van der Waals surface area contributed by atoms with E-state index in [4.69, 9.17) is 9.84 Å². The molecule has 0 spiro atoms. The van der Waals surface area contributed by atoms with Gasteiger partial charge in [-0.25, -0.2) is 17.9 Å². The largest absolute Gasteiger partial charge is 0.488 e. The Morgan fingerprint density at radius 2 is 1.59 bits per heavy atom. The van der Waals surface area contributed by atoms with E-state index in [1.54, 1.807) is 48.5 Å². The third-order valence-corrected chi connectivity index (χ3v) is 9.46. The molecule has 10 nitrogen and oxygen atoms in total. The topological polar surface area (TPSA) is 153 Å². The smallest absolute Gasteiger partial charge is 0.407 e. The quantitative estimate of drug-likeness (QED) is 0.147. The first kappa shape index (κ1) is 36.9. The molecule has 2 amide bonds. The molecule has 0 aromatic heterocycles. The van der Waals surface area contributed by atoms with E-state index in [-0.39, 0.29) is 42.7 Å². The van der Waals surface area contributed by atoms with Crippen molar-refractivity contribution >= 4 is 33.8 Å². The van der Waals surface area contributed by atoms with Crippen LogP contribution in [-0.2, 0) is 10.0 Å². The third kappa shape index (κ3) is 11.0. The fourth-order valence-electron chi connectivity index (χ4n) is 4.54. The standard InChI is InChI=1S/C34H44N2O8S2/c1-23(2)45-30-20-26(14-17-28(30)32(39)35-46(42,43)19-9-18-37)24-12-15-27(16-13-24)44-31(34(3,4)5)22-36(33(40)41)21-29(38)25-10-7-6-8-11-25/h6-8,10-17,20,23,29,31,37-38H,9,18-19,21-22H2,1-5H3,(H,35,39)(H,40,41)/t29-,31?/m0/s1. The molecule has 0 heterocycles. The maximum atomic E-state index is 12.9. The number of carbonyl (C=O) groups is 2. The number of aliphatic hydroxyl groups is 2. The molecule has 0 aliphatic heterocycles. The van der Waals surface area contributed by atoms with Crippen molar-refractivity contribution in [2.24, 2.45) is 5.41 Å². The zero-order valence-corrected chi connectivity index (χ0v) is 28.5. The number of thioether (sulfide) groups is 1. The van der Waals surface area contributed by atoms with Crippen LogP contribution in [0.5, 0.6) is 5.75 Å². The van der Waals surface area contributed by atoms with E-state index in [1.165, 1.54) is 16.7 Å². The highest BCUT2D eigenvalue weighted by Crippen LogP contribution is 2.33. The number of rotatable bonds is 15. The van der Waals surface area contributed by atoms with Crippen LogP contribution in [0, 0.1) is 5.41 Å². The Balaban J connectivity index is 1.80. The summed E-state index contributed by atoms with van der Waals surface area (Å²) in [5.74, 6) is -0.538. The van der Waals surface area contributed by atoms with E-state index in [0.717, 1.165) is 11.1 Å². The van der Waals surface area contributed by atoms with Gasteiger partial charge in [-0.05, 0) is 47.4 Å². The number of benzene rings is 3. The number of nitrogens with zero attached hydrogens (tertiary/aromatic N) is 1. The summed E-state index contributed by atoms with van der Waals surface area (Å²) in [5.41, 5.74) is 2.09. The first-order valence-corrected chi connectivity index (χ1v) is 17.6. The second kappa shape index (κ2) is 16.3. The minimum atomic E-state index is -3.89. The normalized spacial score (nSPS) is 13.2. The van der Waals surface area contributed by atoms with Gasteiger partial charge in [0.25, 0.3) is 5.91 Å². The molecule has 0 fully saturated rings. The lowest BCUT2D eigenvalue weighted by molar-refractivity contribution is 0.0316. The van der Waals surface area contributed by atoms with Crippen LogP contribution in [0.2, 0.25) is 0 Å². The molecular weight excluding hydrogens is 629 g/mol. The molecule has 12 heteroatoms. The fraction of sp³-hybridized carbons (Fsp3) is 0.412. The summed E-state index contributed by atoms with van der Waals surface area (Å²) in [4.78, 5) is 26.9. The van der Waals surface area contributed by atoms with Crippen LogP contribution in [0.25, 0.3) is 11.1 Å². The van der Waals surface area contributed by atoms with Gasteiger partial charge in [-0.1, -0.05) is 83.1 Å². The van der Waals surface area contributed by atoms with Gasteiger partial charge in [0.15, 0.2) is 0 Å². The molecule has 0 saturated carbocycles. The third-order valence-electron chi connectivity index (χ3n) is 7.07. The summed E-state index contributed by atoms with van der Waals surface area (Å²) in [6.07, 6.45) is -2.64. The van der Waals surface area contributed by atoms with Crippen molar-refractivity contribution in [2.75, 3.05) is 25.4 Å². The van der Waals surface area contributed by atoms with Gasteiger partial charge in [-0.3, -0.25) is 4.79 Å². The number of hydrogen-bond donors (Lipinski definition) is 4. The van der Waals surface area contributed by atoms with Gasteiger partial charge in [0.1, 0.15) is 11.9 Å². The van der Waals surface area contributed by atoms with Crippen LogP contribution in [0.15, 0.2) is 77.7 Å². The van der Waals surface area contributed by atoms with Crippen molar-refractivity contribution in [1.82, 2.24) is 9.62 Å². The molecule has 1 unspecified atom stereocenters. The molecule has 3 rings (SSSR count). The second-order valence-electron chi connectivity index (χ2n) is 12.3. The fourth-order valence-corrected chi connectivity index (χ4v) is 6.54. The van der Waals surface area contributed by atoms with E-state index in [0.29, 0.717) is 16.2 Å². The van der Waals surface area contributed by atoms with E-state index < -0.39 is 39.6 Å². The van der Waals surface area contributed by atoms with Crippen LogP contribution in [-0.4, -0.2) is 77.4 Å². The minimum absolute atomic E-state index is 0.0283. The molecular formula is C34H44N2O8S2. The molecule has 3 aromatic carbocycles. The number of ether oxygens (including phenoxy) is 1. The number of hydrogen-bond acceptors (Lipinski definition) is 8. The summed E-state index contributed by atoms with van der Waals surface area (Å²) in [5, 5.41) is 29.7. The van der Waals surface area contributed by atoms with E-state index in [1.807, 2.05) is 58.9 Å². The van der Waals surface area contributed by atoms with E-state index in [2.05, 4.69) is 4.72 Å². The Bertz CT molecular complexity index is 1560. The Morgan fingerprint density at radius 3 is 2.15 bits per heavy atom. The van der Waals surface area contributed by atoms with Crippen LogP contribution in [0.4, 0.5) is 4.79 Å². The predicted octanol–water partition coefficient (Wildman–Crippen LogP) is 5.80. The molecule has 3 aromatic rings. The maximum Gasteiger partial charge on any atom is 0.407 e. The molecule has 0 bridgehead atoms. The van der Waals surface area contributed by atoms with Gasteiger partial charge in [0, 0.05) is 22.2 Å². The number of carbonyl (C=O) groups excluding carboxylic acids is 1. The highest BCUT2D eigenvalue weighted by molar-refractivity contribution is 8.00. The Morgan fingerprint density at radius 1 is 0.957 bits per heavy atom. The van der Waals surface area contributed by atoms with Crippen LogP contribution < -0.4 is 9.46 Å². The second-order valence-corrected chi connectivity index (χ2v) is 15.8. The molecule has 0 aliphatic carbocycles. The molecule has 2 atom stereocenters. The van der Waals surface area contributed by atoms with Gasteiger partial charge in [0.05, 0.1) is 30.5 Å². The molecule has 4 N–H and O–H groups in total. The van der Waals surface area contributed by atoms with Gasteiger partial charge in [0.2, 0.25) is 10.0 Å². The summed E-state index contributed by atoms with van der Waals surface area (Å²) in [6, 6.07) is 21.4. The summed E-state index contributed by atoms with van der Waals surface area (Å²) < 4.78 is 32.9. The maximum absolute atomic E-state index is 12.9. The van der Waals surface area contributed by atoms with E-state index in [9.17, 15) is 28.2 Å². The average Bonchev–Trinajstić information content (AvgIpc) is 2.98. The zero-order chi connectivity index (χ0) is 34.1. The van der Waals surface area contributed by atoms with E-state index >= 15 is 0 Å². The van der Waals surface area contributed by atoms with Crippen molar-refractivity contribution in [3.63, 3.8) is 0 Å². The number of sulfonamides is 1. The number of amides is 2. The lowest BCUT2D eigenvalue weighted by atomic mass is 9.88. The Hall–Kier alpha value is -3.58. The number of nitrogens with one attached hydrogen (secondary N) is 1. The van der Waals surface area contributed by atoms with Gasteiger partial charge in [-0.2, -0.15) is 0 Å². The van der Waals surface area contributed by atoms with Crippen LogP contribution in [0.1, 0.15) is 63.1 Å². The molecule has 0 saturated heterocycles. The van der Waals surface area contributed by atoms with Gasteiger partial charge < -0.3 is 25.0 Å². The molecule has 0 aliphatic rings. The van der Waals surface area contributed by atoms with Crippen molar-refractivity contribution in [3.05, 3.63) is 83.9 Å². The Labute approximate surface area is 275 Å². The van der Waals surface area contributed by atoms with Gasteiger partial charge >= 0.3 is 6.09 Å². The summed E-state index contributed by atoms with van der Waals surface area (Å²) >= 11 is 1.44. The van der Waals surface area contributed by atoms with Crippen molar-refractivity contribution in [2.45, 2.75) is 63.4 Å². The van der Waals surface area contributed by atoms with Crippen LogP contribution in [0.3, 0.4) is 0 Å². The first-order valence-electron chi connectivity index (χ1n) is 15.0. The molecule has 0 radical (unpaired) electrons. The Kier molecular flexibility index (Phi) is 13.1. The highest BCUT2D eigenvalue weighted by Gasteiger charge is 2.31. The zero-order valence-electron chi connectivity index (χ0n) is 26.8. The van der Waals surface area contributed by atoms with Crippen molar-refractivity contribution in [3.8, 4) is 16.9 Å². The van der Waals surface area contributed by atoms with Crippen molar-refractivity contribution < 1.29 is 38.1 Å². The van der Waals surface area contributed by atoms with Crippen molar-refractivity contribution in [1.29, 1.82) is 0 Å². The lowest BCUT2D eigenvalue weighted by Gasteiger charge is -2.35.